The van der Waals surface area contributed by atoms with E-state index in [1.165, 1.54) is 0 Å². The van der Waals surface area contributed by atoms with E-state index >= 15 is 0 Å². The molecule has 0 bridgehead atoms. The van der Waals surface area contributed by atoms with Crippen LogP contribution >= 0.6 is 0 Å². The third-order valence-corrected chi connectivity index (χ3v) is 2.98. The second kappa shape index (κ2) is 4.64. The first kappa shape index (κ1) is 12.9. The zero-order valence-corrected chi connectivity index (χ0v) is 10.2. The Hall–Kier alpha value is -1.50. The Morgan fingerprint density at radius 2 is 2.00 bits per heavy atom. The monoisotopic (exact) mass is 254 g/mol. The summed E-state index contributed by atoms with van der Waals surface area (Å²) in [5.74, 6) is -0.770. The number of hydrogen-bond acceptors (Lipinski definition) is 5. The molecule has 98 valence electrons. The van der Waals surface area contributed by atoms with Gasteiger partial charge in [-0.15, -0.1) is 0 Å². The molecule has 0 saturated carbocycles. The van der Waals surface area contributed by atoms with E-state index in [0.29, 0.717) is 0 Å². The summed E-state index contributed by atoms with van der Waals surface area (Å²) in [6.45, 7) is 4.12. The fourth-order valence-corrected chi connectivity index (χ4v) is 2.43. The predicted molar refractivity (Wildman–Crippen MR) is 60.5 cm³/mol. The van der Waals surface area contributed by atoms with Gasteiger partial charge in [0.25, 0.3) is 0 Å². The summed E-state index contributed by atoms with van der Waals surface area (Å²) in [6, 6.07) is 0. The van der Waals surface area contributed by atoms with E-state index in [2.05, 4.69) is 20.1 Å². The first-order valence-electron chi connectivity index (χ1n) is 5.54. The normalized spacial score (nSPS) is 36.6. The number of nitrogens with zero attached hydrogens (tertiary/aromatic N) is 6. The average molecular weight is 254 g/mol. The topological polar surface area (TPSA) is 125 Å². The van der Waals surface area contributed by atoms with Gasteiger partial charge in [0.15, 0.2) is 5.79 Å². The smallest absolute Gasteiger partial charge is 0.164 e. The van der Waals surface area contributed by atoms with Gasteiger partial charge in [-0.2, -0.15) is 0 Å². The molecule has 2 heterocycles. The second-order valence-electron chi connectivity index (χ2n) is 4.76. The summed E-state index contributed by atoms with van der Waals surface area (Å²) in [7, 11) is 0. The molecule has 0 aromatic carbocycles. The van der Waals surface area contributed by atoms with Gasteiger partial charge in [-0.3, -0.25) is 0 Å². The lowest BCUT2D eigenvalue weighted by Crippen LogP contribution is -2.44. The van der Waals surface area contributed by atoms with Crippen molar-refractivity contribution in [2.75, 3.05) is 19.7 Å². The van der Waals surface area contributed by atoms with Crippen LogP contribution in [0, 0.1) is 0 Å². The summed E-state index contributed by atoms with van der Waals surface area (Å²) in [5.41, 5.74) is 16.0. The average Bonchev–Trinajstić information content (AvgIpc) is 2.75. The van der Waals surface area contributed by atoms with Crippen molar-refractivity contribution in [2.24, 2.45) is 10.2 Å². The Morgan fingerprint density at radius 3 is 2.67 bits per heavy atom. The third kappa shape index (κ3) is 2.22. The van der Waals surface area contributed by atoms with Crippen LogP contribution in [0.3, 0.4) is 0 Å². The summed E-state index contributed by atoms with van der Waals surface area (Å²) in [5, 5.41) is 7.05. The minimum atomic E-state index is -0.786. The second-order valence-corrected chi connectivity index (χ2v) is 4.76. The van der Waals surface area contributed by atoms with Crippen molar-refractivity contribution in [3.8, 4) is 0 Å². The molecular formula is C9H14N6O3. The molecule has 18 heavy (non-hydrogen) atoms. The summed E-state index contributed by atoms with van der Waals surface area (Å²) in [4.78, 5) is 5.44. The highest BCUT2D eigenvalue weighted by molar-refractivity contribution is 5.06. The number of azide groups is 2. The highest BCUT2D eigenvalue weighted by Crippen LogP contribution is 2.43. The van der Waals surface area contributed by atoms with E-state index in [-0.39, 0.29) is 25.8 Å². The minimum Gasteiger partial charge on any atom is -0.372 e. The van der Waals surface area contributed by atoms with Crippen LogP contribution in [0.25, 0.3) is 20.9 Å². The zero-order valence-electron chi connectivity index (χ0n) is 10.2. The molecule has 2 fully saturated rings. The van der Waals surface area contributed by atoms with Crippen LogP contribution in [0.2, 0.25) is 0 Å². The van der Waals surface area contributed by atoms with Crippen molar-refractivity contribution in [1.82, 2.24) is 0 Å². The standard InChI is InChI=1S/C9H14N6O3/c1-8(2)17-7-6(3-12-14-10)16-5-9(7,18-8)4-13-15-11/h6-7H,3-5H2,1-2H3/t6-,7-,9+/m1/s1. The molecule has 2 aliphatic rings. The Balaban J connectivity index is 2.20. The Kier molecular flexibility index (Phi) is 3.34. The van der Waals surface area contributed by atoms with E-state index in [9.17, 15) is 0 Å². The fourth-order valence-electron chi connectivity index (χ4n) is 2.43. The lowest BCUT2D eigenvalue weighted by Gasteiger charge is -2.24. The third-order valence-electron chi connectivity index (χ3n) is 2.98. The molecule has 2 rings (SSSR count). The van der Waals surface area contributed by atoms with Crippen molar-refractivity contribution >= 4 is 0 Å². The van der Waals surface area contributed by atoms with Crippen LogP contribution in [0.5, 0.6) is 0 Å². The van der Waals surface area contributed by atoms with Crippen LogP contribution in [0.15, 0.2) is 10.2 Å². The summed E-state index contributed by atoms with van der Waals surface area (Å²) < 4.78 is 17.1. The first-order valence-corrected chi connectivity index (χ1v) is 5.54. The van der Waals surface area contributed by atoms with Gasteiger partial charge in [0.1, 0.15) is 11.7 Å². The van der Waals surface area contributed by atoms with Crippen molar-refractivity contribution in [3.05, 3.63) is 20.9 Å². The molecule has 9 heteroatoms. The van der Waals surface area contributed by atoms with E-state index < -0.39 is 17.5 Å². The highest BCUT2D eigenvalue weighted by Gasteiger charge is 2.60. The van der Waals surface area contributed by atoms with Crippen molar-refractivity contribution in [3.63, 3.8) is 0 Å². The number of hydrogen-bond donors (Lipinski definition) is 0. The summed E-state index contributed by atoms with van der Waals surface area (Å²) in [6.07, 6.45) is -0.778. The molecule has 0 N–H and O–H groups in total. The van der Waals surface area contributed by atoms with Crippen molar-refractivity contribution < 1.29 is 14.2 Å². The highest BCUT2D eigenvalue weighted by atomic mass is 16.8. The predicted octanol–water partition coefficient (Wildman–Crippen LogP) is 1.90. The van der Waals surface area contributed by atoms with Gasteiger partial charge in [0, 0.05) is 9.82 Å². The van der Waals surface area contributed by atoms with Crippen LogP contribution in [-0.4, -0.2) is 43.3 Å². The molecule has 0 radical (unpaired) electrons. The number of ether oxygens (including phenoxy) is 3. The molecule has 0 spiro atoms. The van der Waals surface area contributed by atoms with E-state index in [1.807, 2.05) is 0 Å². The maximum atomic E-state index is 8.44. The minimum absolute atomic E-state index is 0.129. The van der Waals surface area contributed by atoms with E-state index in [4.69, 9.17) is 25.3 Å². The lowest BCUT2D eigenvalue weighted by molar-refractivity contribution is -0.187. The van der Waals surface area contributed by atoms with Crippen LogP contribution in [0.1, 0.15) is 13.8 Å². The van der Waals surface area contributed by atoms with Crippen molar-refractivity contribution in [1.29, 1.82) is 0 Å². The van der Waals surface area contributed by atoms with Gasteiger partial charge in [0.05, 0.1) is 25.8 Å². The van der Waals surface area contributed by atoms with Gasteiger partial charge in [-0.05, 0) is 24.9 Å². The van der Waals surface area contributed by atoms with Gasteiger partial charge in [-0.25, -0.2) is 0 Å². The molecule has 0 aliphatic carbocycles. The molecule has 3 atom stereocenters. The fraction of sp³-hybridized carbons (Fsp3) is 1.00. The molecule has 9 nitrogen and oxygen atoms in total. The Labute approximate surface area is 103 Å². The Morgan fingerprint density at radius 1 is 1.28 bits per heavy atom. The van der Waals surface area contributed by atoms with Crippen molar-refractivity contribution in [2.45, 2.75) is 37.4 Å². The maximum absolute atomic E-state index is 8.44. The molecule has 0 aromatic heterocycles. The lowest BCUT2D eigenvalue weighted by atomic mass is 9.97. The molecule has 2 aliphatic heterocycles. The van der Waals surface area contributed by atoms with E-state index in [0.717, 1.165) is 0 Å². The van der Waals surface area contributed by atoms with Gasteiger partial charge < -0.3 is 14.2 Å². The molecule has 0 unspecified atom stereocenters. The van der Waals surface area contributed by atoms with Crippen LogP contribution in [0.4, 0.5) is 0 Å². The summed E-state index contributed by atoms with van der Waals surface area (Å²) >= 11 is 0. The van der Waals surface area contributed by atoms with Gasteiger partial charge in [0.2, 0.25) is 0 Å². The molecule has 0 amide bonds. The maximum Gasteiger partial charge on any atom is 0.164 e. The van der Waals surface area contributed by atoms with Crippen LogP contribution < -0.4 is 0 Å². The SMILES string of the molecule is CC1(C)O[C@@H]2[C@@H](CN=[N+]=[N-])OC[C@]2(CN=[N+]=[N-])O1. The molecular weight excluding hydrogens is 240 g/mol. The van der Waals surface area contributed by atoms with Gasteiger partial charge in [-0.1, -0.05) is 10.2 Å². The van der Waals surface area contributed by atoms with E-state index in [1.54, 1.807) is 13.8 Å². The zero-order chi connectivity index (χ0) is 13.2. The quantitative estimate of drug-likeness (QED) is 0.432. The first-order chi connectivity index (χ1) is 8.53. The Bertz CT molecular complexity index is 428. The molecule has 0 aromatic rings. The number of rotatable bonds is 4. The molecule has 2 saturated heterocycles. The number of fused-ring (bicyclic) bond motifs is 1. The van der Waals surface area contributed by atoms with Crippen LogP contribution in [-0.2, 0) is 14.2 Å². The van der Waals surface area contributed by atoms with Gasteiger partial charge >= 0.3 is 0 Å². The largest absolute Gasteiger partial charge is 0.372 e.